The number of amides is 1. The number of carbonyl (C=O) groups is 2. The lowest BCUT2D eigenvalue weighted by atomic mass is 10.3. The number of hydrogen-bond donors (Lipinski definition) is 2. The normalized spacial score (nSPS) is 12.6. The van der Waals surface area contributed by atoms with E-state index in [9.17, 15) is 9.59 Å². The molecule has 98 valence electrons. The van der Waals surface area contributed by atoms with E-state index in [1.807, 2.05) is 12.1 Å². The number of methoxy groups -OCH3 is 1. The van der Waals surface area contributed by atoms with Crippen molar-refractivity contribution in [2.24, 2.45) is 0 Å². The van der Waals surface area contributed by atoms with Gasteiger partial charge in [0.2, 0.25) is 5.91 Å². The fraction of sp³-hybridized carbons (Fsp3) is 0.273. The summed E-state index contributed by atoms with van der Waals surface area (Å²) < 4.78 is 5.67. The largest absolute Gasteiger partial charge is 0.480 e. The van der Waals surface area contributed by atoms with E-state index in [1.165, 1.54) is 24.5 Å². The van der Waals surface area contributed by atoms with E-state index in [0.29, 0.717) is 0 Å². The summed E-state index contributed by atoms with van der Waals surface area (Å²) in [7, 11) is 1.38. The van der Waals surface area contributed by atoms with Gasteiger partial charge >= 0.3 is 5.97 Å². The first kappa shape index (κ1) is 14.9. The highest BCUT2D eigenvalue weighted by Gasteiger charge is 2.18. The molecule has 1 unspecified atom stereocenters. The van der Waals surface area contributed by atoms with Gasteiger partial charge in [-0.25, -0.2) is 4.79 Å². The monoisotopic (exact) mass is 333 g/mol. The zero-order valence-corrected chi connectivity index (χ0v) is 12.0. The van der Waals surface area contributed by atoms with Crippen LogP contribution in [0.2, 0.25) is 0 Å². The molecule has 0 aliphatic rings. The summed E-state index contributed by atoms with van der Waals surface area (Å²) in [4.78, 5) is 23.2. The zero-order chi connectivity index (χ0) is 13.5. The summed E-state index contributed by atoms with van der Waals surface area (Å²) in [5.74, 6) is -1.60. The number of aliphatic carboxylic acids is 1. The molecular formula is C11H12BrNO4S. The molecule has 0 bridgehead atoms. The second-order valence-corrected chi connectivity index (χ2v) is 5.82. The van der Waals surface area contributed by atoms with Crippen molar-refractivity contribution in [3.05, 3.63) is 26.9 Å². The van der Waals surface area contributed by atoms with Crippen LogP contribution in [0.1, 0.15) is 4.88 Å². The average Bonchev–Trinajstić information content (AvgIpc) is 2.72. The maximum Gasteiger partial charge on any atom is 0.328 e. The van der Waals surface area contributed by atoms with Gasteiger partial charge in [0.25, 0.3) is 0 Å². The molecule has 1 aromatic rings. The summed E-state index contributed by atoms with van der Waals surface area (Å²) in [5, 5.41) is 11.2. The van der Waals surface area contributed by atoms with Crippen molar-refractivity contribution in [2.45, 2.75) is 6.04 Å². The molecule has 0 saturated carbocycles. The SMILES string of the molecule is COCC(NC(=O)/C=C/c1ccc(Br)s1)C(=O)O. The van der Waals surface area contributed by atoms with Gasteiger partial charge in [-0.15, -0.1) is 11.3 Å². The van der Waals surface area contributed by atoms with E-state index in [4.69, 9.17) is 9.84 Å². The van der Waals surface area contributed by atoms with Gasteiger partial charge in [0.05, 0.1) is 10.4 Å². The number of ether oxygens (including phenoxy) is 1. The minimum atomic E-state index is -1.13. The first-order valence-electron chi connectivity index (χ1n) is 4.98. The van der Waals surface area contributed by atoms with Gasteiger partial charge in [0, 0.05) is 18.1 Å². The molecule has 1 rings (SSSR count). The molecule has 0 fully saturated rings. The third-order valence-electron chi connectivity index (χ3n) is 1.94. The molecule has 1 aromatic heterocycles. The number of hydrogen-bond acceptors (Lipinski definition) is 4. The van der Waals surface area contributed by atoms with Crippen LogP contribution in [0, 0.1) is 0 Å². The van der Waals surface area contributed by atoms with E-state index >= 15 is 0 Å². The number of nitrogens with one attached hydrogen (secondary N) is 1. The number of carboxylic acids is 1. The molecule has 0 radical (unpaired) electrons. The quantitative estimate of drug-likeness (QED) is 0.777. The van der Waals surface area contributed by atoms with Gasteiger partial charge in [-0.05, 0) is 34.1 Å². The Kier molecular flexibility index (Phi) is 6.03. The second-order valence-electron chi connectivity index (χ2n) is 3.33. The van der Waals surface area contributed by atoms with Gasteiger partial charge in [0.1, 0.15) is 0 Å². The van der Waals surface area contributed by atoms with E-state index in [-0.39, 0.29) is 6.61 Å². The van der Waals surface area contributed by atoms with Crippen LogP contribution in [-0.4, -0.2) is 36.7 Å². The first-order valence-corrected chi connectivity index (χ1v) is 6.59. The van der Waals surface area contributed by atoms with Crippen LogP contribution in [0.15, 0.2) is 22.0 Å². The fourth-order valence-electron chi connectivity index (χ4n) is 1.14. The first-order chi connectivity index (χ1) is 8.52. The van der Waals surface area contributed by atoms with Crippen LogP contribution in [0.25, 0.3) is 6.08 Å². The van der Waals surface area contributed by atoms with Crippen molar-refractivity contribution in [2.75, 3.05) is 13.7 Å². The highest BCUT2D eigenvalue weighted by atomic mass is 79.9. The Morgan fingerprint density at radius 2 is 2.33 bits per heavy atom. The molecule has 1 atom stereocenters. The van der Waals surface area contributed by atoms with Gasteiger partial charge in [-0.1, -0.05) is 0 Å². The number of rotatable bonds is 6. The Labute approximate surface area is 117 Å². The Morgan fingerprint density at radius 1 is 1.61 bits per heavy atom. The number of halogens is 1. The molecule has 0 aliphatic heterocycles. The van der Waals surface area contributed by atoms with Gasteiger partial charge < -0.3 is 15.2 Å². The summed E-state index contributed by atoms with van der Waals surface area (Å²) in [6.07, 6.45) is 2.92. The van der Waals surface area contributed by atoms with Crippen LogP contribution in [-0.2, 0) is 14.3 Å². The lowest BCUT2D eigenvalue weighted by Gasteiger charge is -2.11. The third-order valence-corrected chi connectivity index (χ3v) is 3.53. The minimum Gasteiger partial charge on any atom is -0.480 e. The van der Waals surface area contributed by atoms with Crippen LogP contribution in [0.4, 0.5) is 0 Å². The Morgan fingerprint density at radius 3 is 2.83 bits per heavy atom. The topological polar surface area (TPSA) is 75.6 Å². The molecule has 7 heteroatoms. The fourth-order valence-corrected chi connectivity index (χ4v) is 2.46. The summed E-state index contributed by atoms with van der Waals surface area (Å²) in [6.45, 7) is -0.0700. The number of thiophene rings is 1. The molecule has 0 aromatic carbocycles. The van der Waals surface area contributed by atoms with E-state index in [0.717, 1.165) is 8.66 Å². The molecule has 0 saturated heterocycles. The van der Waals surface area contributed by atoms with E-state index < -0.39 is 17.9 Å². The number of carbonyl (C=O) groups excluding carboxylic acids is 1. The van der Waals surface area contributed by atoms with Crippen molar-refractivity contribution in [1.29, 1.82) is 0 Å². The molecule has 0 aliphatic carbocycles. The minimum absolute atomic E-state index is 0.0700. The second kappa shape index (κ2) is 7.30. The highest BCUT2D eigenvalue weighted by molar-refractivity contribution is 9.11. The molecule has 1 heterocycles. The van der Waals surface area contributed by atoms with E-state index in [1.54, 1.807) is 6.08 Å². The predicted molar refractivity (Wildman–Crippen MR) is 72.5 cm³/mol. The average molecular weight is 334 g/mol. The van der Waals surface area contributed by atoms with Crippen LogP contribution in [0.3, 0.4) is 0 Å². The van der Waals surface area contributed by atoms with E-state index in [2.05, 4.69) is 21.2 Å². The maximum atomic E-state index is 11.5. The van der Waals surface area contributed by atoms with Crippen molar-refractivity contribution in [1.82, 2.24) is 5.32 Å². The summed E-state index contributed by atoms with van der Waals surface area (Å²) in [5.41, 5.74) is 0. The maximum absolute atomic E-state index is 11.5. The van der Waals surface area contributed by atoms with Crippen LogP contribution in [0.5, 0.6) is 0 Å². The Bertz CT molecular complexity index is 458. The molecule has 2 N–H and O–H groups in total. The third kappa shape index (κ3) is 4.99. The standard InChI is InChI=1S/C11H12BrNO4S/c1-17-6-8(11(15)16)13-10(14)5-3-7-2-4-9(12)18-7/h2-5,8H,6H2,1H3,(H,13,14)(H,15,16)/b5-3+. The Balaban J connectivity index is 2.54. The molecular weight excluding hydrogens is 322 g/mol. The Hall–Kier alpha value is -1.18. The lowest BCUT2D eigenvalue weighted by molar-refractivity contribution is -0.142. The van der Waals surface area contributed by atoms with Crippen molar-refractivity contribution < 1.29 is 19.4 Å². The molecule has 1 amide bonds. The highest BCUT2D eigenvalue weighted by Crippen LogP contribution is 2.22. The summed E-state index contributed by atoms with van der Waals surface area (Å²) >= 11 is 4.78. The van der Waals surface area contributed by atoms with Gasteiger partial charge in [0.15, 0.2) is 6.04 Å². The van der Waals surface area contributed by atoms with Crippen LogP contribution >= 0.6 is 27.3 Å². The molecule has 0 spiro atoms. The van der Waals surface area contributed by atoms with Crippen molar-refractivity contribution >= 4 is 45.2 Å². The molecule has 5 nitrogen and oxygen atoms in total. The predicted octanol–water partition coefficient (Wildman–Crippen LogP) is 1.74. The zero-order valence-electron chi connectivity index (χ0n) is 9.55. The smallest absolute Gasteiger partial charge is 0.328 e. The molecule has 18 heavy (non-hydrogen) atoms. The van der Waals surface area contributed by atoms with Crippen molar-refractivity contribution in [3.8, 4) is 0 Å². The number of carboxylic acid groups (broad SMARTS) is 1. The summed E-state index contributed by atoms with van der Waals surface area (Å²) in [6, 6.07) is 2.68. The van der Waals surface area contributed by atoms with Crippen molar-refractivity contribution in [3.63, 3.8) is 0 Å². The van der Waals surface area contributed by atoms with Gasteiger partial charge in [-0.2, -0.15) is 0 Å². The van der Waals surface area contributed by atoms with Crippen LogP contribution < -0.4 is 5.32 Å². The lowest BCUT2D eigenvalue weighted by Crippen LogP contribution is -2.43. The van der Waals surface area contributed by atoms with Gasteiger partial charge in [-0.3, -0.25) is 4.79 Å².